The summed E-state index contributed by atoms with van der Waals surface area (Å²) in [6.07, 6.45) is 2.28. The SMILES string of the molecule is CCCNC(=O)c1cc(Nc2ccc(N(C)C)cc2)ncn1. The third-order valence-corrected chi connectivity index (χ3v) is 3.09. The Morgan fingerprint density at radius 3 is 2.55 bits per heavy atom. The average Bonchev–Trinajstić information content (AvgIpc) is 2.53. The van der Waals surface area contributed by atoms with Crippen molar-refractivity contribution in [3.63, 3.8) is 0 Å². The minimum absolute atomic E-state index is 0.185. The van der Waals surface area contributed by atoms with Crippen molar-refractivity contribution in [3.8, 4) is 0 Å². The number of hydrogen-bond acceptors (Lipinski definition) is 5. The van der Waals surface area contributed by atoms with Crippen LogP contribution in [0, 0.1) is 0 Å². The van der Waals surface area contributed by atoms with Crippen LogP contribution in [0.4, 0.5) is 17.2 Å². The summed E-state index contributed by atoms with van der Waals surface area (Å²) >= 11 is 0. The fourth-order valence-corrected chi connectivity index (χ4v) is 1.87. The molecule has 1 heterocycles. The zero-order chi connectivity index (χ0) is 15.9. The number of nitrogens with one attached hydrogen (secondary N) is 2. The molecule has 1 amide bonds. The van der Waals surface area contributed by atoms with Gasteiger partial charge in [-0.2, -0.15) is 0 Å². The van der Waals surface area contributed by atoms with Crippen LogP contribution in [0.1, 0.15) is 23.8 Å². The van der Waals surface area contributed by atoms with E-state index in [1.165, 1.54) is 6.33 Å². The summed E-state index contributed by atoms with van der Waals surface area (Å²) in [4.78, 5) is 22.1. The lowest BCUT2D eigenvalue weighted by molar-refractivity contribution is 0.0948. The Bertz CT molecular complexity index is 625. The van der Waals surface area contributed by atoms with Crippen molar-refractivity contribution >= 4 is 23.1 Å². The number of carbonyl (C=O) groups excluding carboxylic acids is 1. The second-order valence-corrected chi connectivity index (χ2v) is 5.11. The maximum absolute atomic E-state index is 11.9. The van der Waals surface area contributed by atoms with Gasteiger partial charge in [0, 0.05) is 38.1 Å². The lowest BCUT2D eigenvalue weighted by Gasteiger charge is -2.13. The fourth-order valence-electron chi connectivity index (χ4n) is 1.87. The van der Waals surface area contributed by atoms with Crippen LogP contribution >= 0.6 is 0 Å². The Morgan fingerprint density at radius 1 is 1.18 bits per heavy atom. The van der Waals surface area contributed by atoms with Gasteiger partial charge < -0.3 is 15.5 Å². The number of nitrogens with zero attached hydrogens (tertiary/aromatic N) is 3. The monoisotopic (exact) mass is 299 g/mol. The predicted molar refractivity (Wildman–Crippen MR) is 88.7 cm³/mol. The van der Waals surface area contributed by atoms with E-state index in [4.69, 9.17) is 0 Å². The molecule has 22 heavy (non-hydrogen) atoms. The summed E-state index contributed by atoms with van der Waals surface area (Å²) in [7, 11) is 3.99. The third-order valence-electron chi connectivity index (χ3n) is 3.09. The molecule has 2 rings (SSSR count). The van der Waals surface area contributed by atoms with Crippen molar-refractivity contribution in [2.45, 2.75) is 13.3 Å². The lowest BCUT2D eigenvalue weighted by atomic mass is 10.2. The number of benzene rings is 1. The molecule has 0 unspecified atom stereocenters. The topological polar surface area (TPSA) is 70.2 Å². The van der Waals surface area contributed by atoms with Crippen molar-refractivity contribution in [2.75, 3.05) is 30.9 Å². The molecular formula is C16H21N5O. The van der Waals surface area contributed by atoms with Gasteiger partial charge in [-0.25, -0.2) is 9.97 Å². The zero-order valence-corrected chi connectivity index (χ0v) is 13.1. The first-order valence-corrected chi connectivity index (χ1v) is 7.25. The van der Waals surface area contributed by atoms with Gasteiger partial charge in [0.2, 0.25) is 0 Å². The number of aromatic nitrogens is 2. The van der Waals surface area contributed by atoms with Crippen LogP contribution in [0.25, 0.3) is 0 Å². The molecule has 6 nitrogen and oxygen atoms in total. The molecule has 2 N–H and O–H groups in total. The van der Waals surface area contributed by atoms with Gasteiger partial charge in [0.15, 0.2) is 0 Å². The summed E-state index contributed by atoms with van der Waals surface area (Å²) in [6, 6.07) is 9.60. The van der Waals surface area contributed by atoms with E-state index in [0.29, 0.717) is 18.1 Å². The Hall–Kier alpha value is -2.63. The van der Waals surface area contributed by atoms with E-state index in [2.05, 4.69) is 20.6 Å². The van der Waals surface area contributed by atoms with Crippen LogP contribution in [-0.2, 0) is 0 Å². The predicted octanol–water partition coefficient (Wildman–Crippen LogP) is 2.43. The Balaban J connectivity index is 2.08. The van der Waals surface area contributed by atoms with E-state index < -0.39 is 0 Å². The molecule has 2 aromatic rings. The standard InChI is InChI=1S/C16H21N5O/c1-4-9-17-16(22)14-10-15(19-11-18-14)20-12-5-7-13(8-6-12)21(2)3/h5-8,10-11H,4,9H2,1-3H3,(H,17,22)(H,18,19,20). The summed E-state index contributed by atoms with van der Waals surface area (Å²) in [5.74, 6) is 0.407. The van der Waals surface area contributed by atoms with Crippen molar-refractivity contribution in [1.82, 2.24) is 15.3 Å². The van der Waals surface area contributed by atoms with E-state index >= 15 is 0 Å². The number of carbonyl (C=O) groups is 1. The van der Waals surface area contributed by atoms with Gasteiger partial charge in [-0.1, -0.05) is 6.92 Å². The van der Waals surface area contributed by atoms with Crippen LogP contribution in [0.2, 0.25) is 0 Å². The molecule has 0 fully saturated rings. The normalized spacial score (nSPS) is 10.1. The largest absolute Gasteiger partial charge is 0.378 e. The molecule has 1 aromatic heterocycles. The molecule has 0 saturated carbocycles. The van der Waals surface area contributed by atoms with E-state index in [1.807, 2.05) is 50.2 Å². The molecule has 0 bridgehead atoms. The third kappa shape index (κ3) is 4.18. The smallest absolute Gasteiger partial charge is 0.270 e. The fraction of sp³-hybridized carbons (Fsp3) is 0.312. The minimum Gasteiger partial charge on any atom is -0.378 e. The molecule has 6 heteroatoms. The van der Waals surface area contributed by atoms with E-state index in [-0.39, 0.29) is 5.91 Å². The second-order valence-electron chi connectivity index (χ2n) is 5.11. The number of rotatable bonds is 6. The molecule has 0 aliphatic heterocycles. The van der Waals surface area contributed by atoms with Gasteiger partial charge in [-0.15, -0.1) is 0 Å². The van der Waals surface area contributed by atoms with Crippen LogP contribution in [0.3, 0.4) is 0 Å². The van der Waals surface area contributed by atoms with Gasteiger partial charge in [-0.3, -0.25) is 4.79 Å². The summed E-state index contributed by atoms with van der Waals surface area (Å²) in [5.41, 5.74) is 2.38. The lowest BCUT2D eigenvalue weighted by Crippen LogP contribution is -2.25. The first-order valence-electron chi connectivity index (χ1n) is 7.25. The molecule has 1 aromatic carbocycles. The second kappa shape index (κ2) is 7.40. The van der Waals surface area contributed by atoms with Gasteiger partial charge in [0.05, 0.1) is 0 Å². The number of amides is 1. The zero-order valence-electron chi connectivity index (χ0n) is 13.1. The van der Waals surface area contributed by atoms with E-state index in [1.54, 1.807) is 6.07 Å². The van der Waals surface area contributed by atoms with Crippen LogP contribution in [0.15, 0.2) is 36.7 Å². The molecule has 0 saturated heterocycles. The molecule has 0 radical (unpaired) electrons. The van der Waals surface area contributed by atoms with Gasteiger partial charge in [0.25, 0.3) is 5.91 Å². The Kier molecular flexibility index (Phi) is 5.30. The molecule has 0 aliphatic rings. The number of hydrogen-bond donors (Lipinski definition) is 2. The van der Waals surface area contributed by atoms with E-state index in [9.17, 15) is 4.79 Å². The highest BCUT2D eigenvalue weighted by atomic mass is 16.1. The average molecular weight is 299 g/mol. The van der Waals surface area contributed by atoms with Crippen molar-refractivity contribution in [3.05, 3.63) is 42.4 Å². The first kappa shape index (κ1) is 15.8. The summed E-state index contributed by atoms with van der Waals surface area (Å²) in [5, 5.41) is 5.97. The van der Waals surface area contributed by atoms with E-state index in [0.717, 1.165) is 17.8 Å². The van der Waals surface area contributed by atoms with Gasteiger partial charge in [-0.05, 0) is 30.7 Å². The molecule has 116 valence electrons. The Labute approximate surface area is 130 Å². The van der Waals surface area contributed by atoms with Crippen molar-refractivity contribution in [2.24, 2.45) is 0 Å². The molecular weight excluding hydrogens is 278 g/mol. The minimum atomic E-state index is -0.185. The Morgan fingerprint density at radius 2 is 1.91 bits per heavy atom. The van der Waals surface area contributed by atoms with Crippen molar-refractivity contribution < 1.29 is 4.79 Å². The highest BCUT2D eigenvalue weighted by Gasteiger charge is 2.08. The summed E-state index contributed by atoms with van der Waals surface area (Å²) in [6.45, 7) is 2.64. The van der Waals surface area contributed by atoms with Crippen LogP contribution < -0.4 is 15.5 Å². The quantitative estimate of drug-likeness (QED) is 0.857. The van der Waals surface area contributed by atoms with Gasteiger partial charge in [0.1, 0.15) is 17.8 Å². The number of anilines is 3. The highest BCUT2D eigenvalue weighted by Crippen LogP contribution is 2.19. The van der Waals surface area contributed by atoms with Crippen molar-refractivity contribution in [1.29, 1.82) is 0 Å². The first-order chi connectivity index (χ1) is 10.6. The maximum atomic E-state index is 11.9. The molecule has 0 atom stereocenters. The van der Waals surface area contributed by atoms with Gasteiger partial charge >= 0.3 is 0 Å². The molecule has 0 aliphatic carbocycles. The maximum Gasteiger partial charge on any atom is 0.270 e. The highest BCUT2D eigenvalue weighted by molar-refractivity contribution is 5.92. The van der Waals surface area contributed by atoms with Crippen LogP contribution in [0.5, 0.6) is 0 Å². The van der Waals surface area contributed by atoms with Crippen LogP contribution in [-0.4, -0.2) is 36.5 Å². The summed E-state index contributed by atoms with van der Waals surface area (Å²) < 4.78 is 0. The molecule has 0 spiro atoms.